The molecular formula is C34H38N6O3S. The van der Waals surface area contributed by atoms with Gasteiger partial charge < -0.3 is 15.4 Å². The number of rotatable bonds is 11. The Hall–Kier alpha value is -4.54. The number of ether oxygens (including phenoxy) is 1. The summed E-state index contributed by atoms with van der Waals surface area (Å²) < 4.78 is 36.1. The summed E-state index contributed by atoms with van der Waals surface area (Å²) in [7, 11) is -3.74. The molecule has 10 heteroatoms. The van der Waals surface area contributed by atoms with Crippen LogP contribution >= 0.6 is 0 Å². The Bertz CT molecular complexity index is 1800. The lowest BCUT2D eigenvalue weighted by Gasteiger charge is -2.23. The van der Waals surface area contributed by atoms with Crippen molar-refractivity contribution in [3.63, 3.8) is 0 Å². The van der Waals surface area contributed by atoms with Gasteiger partial charge >= 0.3 is 0 Å². The number of aryl methyl sites for hydroxylation is 1. The number of fused-ring (bicyclic) bond motifs is 1. The van der Waals surface area contributed by atoms with E-state index in [1.807, 2.05) is 80.6 Å². The Morgan fingerprint density at radius 2 is 1.93 bits per heavy atom. The molecule has 0 bridgehead atoms. The first-order valence-corrected chi connectivity index (χ1v) is 16.3. The van der Waals surface area contributed by atoms with E-state index in [0.29, 0.717) is 39.6 Å². The lowest BCUT2D eigenvalue weighted by atomic mass is 10.0. The third-order valence-corrected chi connectivity index (χ3v) is 9.37. The molecule has 2 atom stereocenters. The van der Waals surface area contributed by atoms with Gasteiger partial charge in [-0.2, -0.15) is 0 Å². The van der Waals surface area contributed by atoms with Crippen LogP contribution in [0.3, 0.4) is 0 Å². The summed E-state index contributed by atoms with van der Waals surface area (Å²) in [5, 5.41) is 7.50. The van der Waals surface area contributed by atoms with E-state index in [2.05, 4.69) is 32.0 Å². The third kappa shape index (κ3) is 6.98. The number of hydrogen-bond donors (Lipinski definition) is 3. The first-order valence-electron chi connectivity index (χ1n) is 14.7. The van der Waals surface area contributed by atoms with E-state index in [0.717, 1.165) is 36.9 Å². The standard InChI is InChI=1S/C34H38N6O3S/c1-5-11-29(30-19-21-37-34(39-30)38-26-14-10-20-36-22-26)33(35-4)43-32-23(2)17-18-27-28(32)15-9-16-31(27)40-44(41,42)24(3)25-12-7-6-8-13-25/h5-9,11-13,15-19,21,24,26,36,40H,4,10,14,20,22H2,1-3H3,(H,37,38,39)/b11-5-,33-29-/t24-,26-/m0/s1. The second-order valence-electron chi connectivity index (χ2n) is 10.7. The molecule has 1 saturated heterocycles. The zero-order chi connectivity index (χ0) is 31.1. The fraction of sp³-hybridized carbons (Fsp3) is 0.265. The minimum absolute atomic E-state index is 0.252. The molecule has 3 N–H and O–H groups in total. The molecule has 0 amide bonds. The lowest BCUT2D eigenvalue weighted by Crippen LogP contribution is -2.38. The fourth-order valence-corrected chi connectivity index (χ4v) is 6.42. The summed E-state index contributed by atoms with van der Waals surface area (Å²) in [4.78, 5) is 13.5. The Labute approximate surface area is 259 Å². The molecule has 0 aliphatic carbocycles. The molecule has 0 spiro atoms. The van der Waals surface area contributed by atoms with Crippen LogP contribution in [-0.4, -0.2) is 44.2 Å². The molecule has 2 heterocycles. The zero-order valence-corrected chi connectivity index (χ0v) is 26.1. The van der Waals surface area contributed by atoms with Gasteiger partial charge in [0.05, 0.1) is 17.0 Å². The summed E-state index contributed by atoms with van der Waals surface area (Å²) in [6, 6.07) is 20.5. The normalized spacial score (nSPS) is 16.8. The van der Waals surface area contributed by atoms with E-state index < -0.39 is 15.3 Å². The van der Waals surface area contributed by atoms with E-state index in [1.54, 1.807) is 25.3 Å². The van der Waals surface area contributed by atoms with Crippen molar-refractivity contribution < 1.29 is 13.2 Å². The first-order chi connectivity index (χ1) is 21.3. The molecule has 0 unspecified atom stereocenters. The number of anilines is 2. The van der Waals surface area contributed by atoms with Gasteiger partial charge in [-0.15, -0.1) is 0 Å². The Morgan fingerprint density at radius 1 is 1.11 bits per heavy atom. The van der Waals surface area contributed by atoms with Crippen molar-refractivity contribution in [1.82, 2.24) is 15.3 Å². The van der Waals surface area contributed by atoms with Gasteiger partial charge in [0.1, 0.15) is 11.0 Å². The molecule has 3 aromatic carbocycles. The van der Waals surface area contributed by atoms with Crippen LogP contribution in [0.25, 0.3) is 16.3 Å². The molecule has 1 aromatic heterocycles. The minimum atomic E-state index is -3.74. The maximum Gasteiger partial charge on any atom is 0.239 e. The number of benzene rings is 3. The first kappa shape index (κ1) is 30.9. The van der Waals surface area contributed by atoms with Crippen molar-refractivity contribution in [3.05, 3.63) is 108 Å². The highest BCUT2D eigenvalue weighted by atomic mass is 32.2. The van der Waals surface area contributed by atoms with Gasteiger partial charge in [-0.1, -0.05) is 66.7 Å². The third-order valence-electron chi connectivity index (χ3n) is 7.66. The second kappa shape index (κ2) is 13.8. The molecule has 0 radical (unpaired) electrons. The lowest BCUT2D eigenvalue weighted by molar-refractivity contribution is 0.426. The van der Waals surface area contributed by atoms with E-state index >= 15 is 0 Å². The van der Waals surface area contributed by atoms with Crippen LogP contribution in [0.5, 0.6) is 5.75 Å². The van der Waals surface area contributed by atoms with Gasteiger partial charge in [-0.25, -0.2) is 23.4 Å². The molecular weight excluding hydrogens is 572 g/mol. The van der Waals surface area contributed by atoms with Crippen LogP contribution in [0, 0.1) is 6.92 Å². The molecule has 1 aliphatic heterocycles. The number of nitrogens with one attached hydrogen (secondary N) is 3. The largest absolute Gasteiger partial charge is 0.437 e. The molecule has 9 nitrogen and oxygen atoms in total. The van der Waals surface area contributed by atoms with Crippen LogP contribution in [0.1, 0.15) is 48.8 Å². The number of allylic oxidation sites excluding steroid dienone is 3. The van der Waals surface area contributed by atoms with Crippen molar-refractivity contribution in [3.8, 4) is 5.75 Å². The van der Waals surface area contributed by atoms with Gasteiger partial charge in [0, 0.05) is 29.6 Å². The van der Waals surface area contributed by atoms with Crippen LogP contribution in [0.2, 0.25) is 0 Å². The number of aliphatic imine (C=N–C) groups is 1. The minimum Gasteiger partial charge on any atom is -0.437 e. The highest BCUT2D eigenvalue weighted by Crippen LogP contribution is 2.37. The number of aromatic nitrogens is 2. The van der Waals surface area contributed by atoms with Crippen LogP contribution < -0.4 is 20.1 Å². The summed E-state index contributed by atoms with van der Waals surface area (Å²) >= 11 is 0. The Balaban J connectivity index is 1.50. The number of sulfonamides is 1. The predicted molar refractivity (Wildman–Crippen MR) is 180 cm³/mol. The molecule has 4 aromatic rings. The highest BCUT2D eigenvalue weighted by molar-refractivity contribution is 7.92. The average molecular weight is 611 g/mol. The number of nitrogens with zero attached hydrogens (tertiary/aromatic N) is 3. The van der Waals surface area contributed by atoms with E-state index in [9.17, 15) is 8.42 Å². The molecule has 228 valence electrons. The Kier molecular flexibility index (Phi) is 9.72. The van der Waals surface area contributed by atoms with E-state index in [4.69, 9.17) is 9.72 Å². The SMILES string of the molecule is C=N/C(Oc1c(C)ccc2c(NS(=O)(=O)[C@@H](C)c3ccccc3)cccc12)=C(\C=C/C)c1ccnc(N[C@H]2CCCNC2)n1. The van der Waals surface area contributed by atoms with Crippen molar-refractivity contribution in [2.45, 2.75) is 44.9 Å². The van der Waals surface area contributed by atoms with E-state index in [-0.39, 0.29) is 11.9 Å². The van der Waals surface area contributed by atoms with Gasteiger partial charge in [0.2, 0.25) is 21.9 Å². The van der Waals surface area contributed by atoms with Crippen molar-refractivity contribution >= 4 is 44.7 Å². The van der Waals surface area contributed by atoms with E-state index in [1.165, 1.54) is 0 Å². The van der Waals surface area contributed by atoms with Crippen molar-refractivity contribution in [2.24, 2.45) is 4.99 Å². The maximum atomic E-state index is 13.4. The second-order valence-corrected chi connectivity index (χ2v) is 12.7. The highest BCUT2D eigenvalue weighted by Gasteiger charge is 2.24. The topological polar surface area (TPSA) is 118 Å². The summed E-state index contributed by atoms with van der Waals surface area (Å²) in [5.41, 5.74) is 3.30. The quantitative estimate of drug-likeness (QED) is 0.0991. The van der Waals surface area contributed by atoms with Crippen LogP contribution in [-0.2, 0) is 10.0 Å². The van der Waals surface area contributed by atoms with Gasteiger partial charge in [-0.3, -0.25) is 4.72 Å². The van der Waals surface area contributed by atoms with Gasteiger partial charge in [-0.05, 0) is 70.1 Å². The summed E-state index contributed by atoms with van der Waals surface area (Å²) in [5.74, 6) is 1.35. The summed E-state index contributed by atoms with van der Waals surface area (Å²) in [6.45, 7) is 11.2. The average Bonchev–Trinajstić information content (AvgIpc) is 3.04. The molecule has 5 rings (SSSR count). The smallest absolute Gasteiger partial charge is 0.239 e. The van der Waals surface area contributed by atoms with Crippen molar-refractivity contribution in [1.29, 1.82) is 0 Å². The molecule has 0 saturated carbocycles. The molecule has 1 fully saturated rings. The number of hydrogen-bond acceptors (Lipinski definition) is 8. The predicted octanol–water partition coefficient (Wildman–Crippen LogP) is 6.63. The fourth-order valence-electron chi connectivity index (χ4n) is 5.25. The van der Waals surface area contributed by atoms with Crippen LogP contribution in [0.4, 0.5) is 11.6 Å². The molecule has 1 aliphatic rings. The maximum absolute atomic E-state index is 13.4. The molecule has 44 heavy (non-hydrogen) atoms. The Morgan fingerprint density at radius 3 is 2.66 bits per heavy atom. The van der Waals surface area contributed by atoms with Gasteiger partial charge in [0.15, 0.2) is 0 Å². The zero-order valence-electron chi connectivity index (χ0n) is 25.2. The monoisotopic (exact) mass is 610 g/mol. The number of piperidine rings is 1. The summed E-state index contributed by atoms with van der Waals surface area (Å²) in [6.07, 6.45) is 7.62. The van der Waals surface area contributed by atoms with Crippen molar-refractivity contribution in [2.75, 3.05) is 23.1 Å². The van der Waals surface area contributed by atoms with Gasteiger partial charge in [0.25, 0.3) is 0 Å². The van der Waals surface area contributed by atoms with Crippen LogP contribution in [0.15, 0.2) is 96.0 Å².